The number of nitrogens with zero attached hydrogens (tertiary/aromatic N) is 2. The van der Waals surface area contributed by atoms with E-state index in [1.54, 1.807) is 19.1 Å². The van der Waals surface area contributed by atoms with E-state index >= 15 is 0 Å². The largest absolute Gasteiger partial charge is 0.462 e. The van der Waals surface area contributed by atoms with E-state index in [2.05, 4.69) is 9.71 Å². The molecular formula is C25H22ClN3O5S2. The number of hydrogen-bond acceptors (Lipinski definition) is 6. The summed E-state index contributed by atoms with van der Waals surface area (Å²) >= 11 is 7.12. The highest BCUT2D eigenvalue weighted by atomic mass is 35.5. The second-order valence-corrected chi connectivity index (χ2v) is 10.7. The van der Waals surface area contributed by atoms with Crippen molar-refractivity contribution in [3.05, 3.63) is 87.7 Å². The first-order valence-corrected chi connectivity index (χ1v) is 13.7. The van der Waals surface area contributed by atoms with Crippen LogP contribution in [0.3, 0.4) is 0 Å². The minimum atomic E-state index is -3.80. The predicted molar refractivity (Wildman–Crippen MR) is 140 cm³/mol. The summed E-state index contributed by atoms with van der Waals surface area (Å²) in [5, 5.41) is 0.433. The molecule has 0 saturated heterocycles. The van der Waals surface area contributed by atoms with E-state index in [1.807, 2.05) is 17.6 Å². The van der Waals surface area contributed by atoms with Crippen LogP contribution in [-0.2, 0) is 21.3 Å². The third kappa shape index (κ3) is 5.51. The lowest BCUT2D eigenvalue weighted by Gasteiger charge is -2.08. The van der Waals surface area contributed by atoms with Crippen molar-refractivity contribution in [2.75, 3.05) is 11.3 Å². The van der Waals surface area contributed by atoms with Gasteiger partial charge in [-0.05, 0) is 80.6 Å². The fourth-order valence-electron chi connectivity index (χ4n) is 3.47. The highest BCUT2D eigenvalue weighted by molar-refractivity contribution is 7.92. The van der Waals surface area contributed by atoms with E-state index < -0.39 is 21.9 Å². The molecule has 1 heterocycles. The predicted octanol–water partition coefficient (Wildman–Crippen LogP) is 5.09. The van der Waals surface area contributed by atoms with Crippen molar-refractivity contribution in [1.29, 1.82) is 0 Å². The summed E-state index contributed by atoms with van der Waals surface area (Å²) < 4.78 is 35.4. The Bertz CT molecular complexity index is 1610. The second kappa shape index (κ2) is 10.7. The highest BCUT2D eigenvalue weighted by Crippen LogP contribution is 2.21. The number of esters is 1. The van der Waals surface area contributed by atoms with Crippen LogP contribution < -0.4 is 9.52 Å². The Hall–Kier alpha value is -3.47. The molecule has 0 aliphatic rings. The summed E-state index contributed by atoms with van der Waals surface area (Å²) in [7, 11) is -3.80. The highest BCUT2D eigenvalue weighted by Gasteiger charge is 2.15. The van der Waals surface area contributed by atoms with Gasteiger partial charge in [-0.2, -0.15) is 4.99 Å². The Labute approximate surface area is 216 Å². The molecule has 0 aliphatic heterocycles. The molecule has 11 heteroatoms. The second-order valence-electron chi connectivity index (χ2n) is 7.59. The lowest BCUT2D eigenvalue weighted by molar-refractivity contribution is 0.0526. The number of hydrogen-bond donors (Lipinski definition) is 1. The van der Waals surface area contributed by atoms with Crippen LogP contribution in [0, 0.1) is 0 Å². The maximum atomic E-state index is 12.9. The van der Waals surface area contributed by atoms with Gasteiger partial charge in [-0.25, -0.2) is 13.2 Å². The Balaban J connectivity index is 1.58. The number of sulfonamides is 1. The van der Waals surface area contributed by atoms with Crippen LogP contribution in [0.2, 0.25) is 5.02 Å². The number of thiazole rings is 1. The number of aromatic nitrogens is 1. The Morgan fingerprint density at radius 1 is 1.00 bits per heavy atom. The average Bonchev–Trinajstić information content (AvgIpc) is 3.20. The molecular weight excluding hydrogens is 522 g/mol. The molecule has 8 nitrogen and oxygen atoms in total. The quantitative estimate of drug-likeness (QED) is 0.326. The molecule has 0 unspecified atom stereocenters. The van der Waals surface area contributed by atoms with Crippen molar-refractivity contribution in [2.45, 2.75) is 25.3 Å². The maximum Gasteiger partial charge on any atom is 0.338 e. The number of nitrogens with one attached hydrogen (secondary N) is 1. The number of ether oxygens (including phenoxy) is 1. The van der Waals surface area contributed by atoms with Gasteiger partial charge in [0, 0.05) is 22.8 Å². The van der Waals surface area contributed by atoms with Crippen LogP contribution in [0.5, 0.6) is 0 Å². The minimum Gasteiger partial charge on any atom is -0.462 e. The monoisotopic (exact) mass is 543 g/mol. The molecule has 0 spiro atoms. The standard InChI is InChI=1S/C25H22ClN3O5S2/c1-3-29-21-14-7-17(24(31)34-4-2)15-22(21)35-25(29)27-23(30)16-5-10-19(11-6-16)28-36(32,33)20-12-8-18(26)9-13-20/h5-15,28H,3-4H2,1-2H3. The van der Waals surface area contributed by atoms with Crippen molar-refractivity contribution in [3.8, 4) is 0 Å². The summed E-state index contributed by atoms with van der Waals surface area (Å²) in [6.45, 7) is 4.55. The van der Waals surface area contributed by atoms with E-state index in [0.717, 1.165) is 10.2 Å². The van der Waals surface area contributed by atoms with Gasteiger partial charge in [0.15, 0.2) is 4.80 Å². The zero-order chi connectivity index (χ0) is 25.9. The van der Waals surface area contributed by atoms with Gasteiger partial charge in [0.05, 0.1) is 27.3 Å². The Morgan fingerprint density at radius 2 is 1.67 bits per heavy atom. The number of fused-ring (bicyclic) bond motifs is 1. The van der Waals surface area contributed by atoms with Crippen molar-refractivity contribution in [2.24, 2.45) is 4.99 Å². The Kier molecular flexibility index (Phi) is 7.58. The molecule has 0 bridgehead atoms. The van der Waals surface area contributed by atoms with Crippen molar-refractivity contribution in [3.63, 3.8) is 0 Å². The van der Waals surface area contributed by atoms with Crippen LogP contribution >= 0.6 is 22.9 Å². The number of carbonyl (C=O) groups is 2. The summed E-state index contributed by atoms with van der Waals surface area (Å²) in [5.74, 6) is -0.876. The van der Waals surface area contributed by atoms with Gasteiger partial charge in [-0.1, -0.05) is 22.9 Å². The molecule has 1 N–H and O–H groups in total. The normalized spacial score (nSPS) is 12.0. The van der Waals surface area contributed by atoms with Gasteiger partial charge in [0.1, 0.15) is 0 Å². The third-order valence-electron chi connectivity index (χ3n) is 5.22. The summed E-state index contributed by atoms with van der Waals surface area (Å²) in [6.07, 6.45) is 0. The van der Waals surface area contributed by atoms with Gasteiger partial charge >= 0.3 is 5.97 Å². The van der Waals surface area contributed by atoms with Gasteiger partial charge in [0.2, 0.25) is 0 Å². The topological polar surface area (TPSA) is 107 Å². The van der Waals surface area contributed by atoms with Crippen LogP contribution in [0.25, 0.3) is 10.2 Å². The number of halogens is 1. The summed E-state index contributed by atoms with van der Waals surface area (Å²) in [5.41, 5.74) is 1.90. The molecule has 0 fully saturated rings. The molecule has 36 heavy (non-hydrogen) atoms. The van der Waals surface area contributed by atoms with E-state index in [4.69, 9.17) is 16.3 Å². The average molecular weight is 544 g/mol. The molecule has 186 valence electrons. The molecule has 0 aliphatic carbocycles. The first kappa shape index (κ1) is 25.6. The van der Waals surface area contributed by atoms with Gasteiger partial charge < -0.3 is 9.30 Å². The molecule has 1 aromatic heterocycles. The number of rotatable bonds is 7. The van der Waals surface area contributed by atoms with E-state index in [1.165, 1.54) is 59.9 Å². The fourth-order valence-corrected chi connectivity index (χ4v) is 5.78. The van der Waals surface area contributed by atoms with E-state index in [9.17, 15) is 18.0 Å². The molecule has 3 aromatic carbocycles. The first-order valence-electron chi connectivity index (χ1n) is 11.0. The van der Waals surface area contributed by atoms with Crippen LogP contribution in [-0.4, -0.2) is 31.5 Å². The van der Waals surface area contributed by atoms with E-state index in [0.29, 0.717) is 33.2 Å². The number of aryl methyl sites for hydroxylation is 1. The third-order valence-corrected chi connectivity index (χ3v) is 7.91. The number of benzene rings is 3. The van der Waals surface area contributed by atoms with Crippen LogP contribution in [0.4, 0.5) is 5.69 Å². The maximum absolute atomic E-state index is 12.9. The Morgan fingerprint density at radius 3 is 2.31 bits per heavy atom. The lowest BCUT2D eigenvalue weighted by atomic mass is 10.2. The SMILES string of the molecule is CCOC(=O)c1ccc2c(c1)sc(=NC(=O)c1ccc(NS(=O)(=O)c3ccc(Cl)cc3)cc1)n2CC. The molecule has 0 saturated carbocycles. The fraction of sp³-hybridized carbons (Fsp3) is 0.160. The number of anilines is 1. The van der Waals surface area contributed by atoms with Crippen molar-refractivity contribution >= 4 is 60.7 Å². The van der Waals surface area contributed by atoms with Crippen LogP contribution in [0.1, 0.15) is 34.6 Å². The zero-order valence-corrected chi connectivity index (χ0v) is 21.8. The molecule has 0 radical (unpaired) electrons. The van der Waals surface area contributed by atoms with Crippen LogP contribution in [0.15, 0.2) is 76.6 Å². The van der Waals surface area contributed by atoms with E-state index in [-0.39, 0.29) is 11.5 Å². The molecule has 0 atom stereocenters. The number of carbonyl (C=O) groups excluding carboxylic acids is 2. The number of amides is 1. The zero-order valence-electron chi connectivity index (χ0n) is 19.4. The molecule has 1 amide bonds. The lowest BCUT2D eigenvalue weighted by Crippen LogP contribution is -2.16. The molecule has 4 aromatic rings. The minimum absolute atomic E-state index is 0.0713. The van der Waals surface area contributed by atoms with Crippen molar-refractivity contribution in [1.82, 2.24) is 4.57 Å². The van der Waals surface area contributed by atoms with Gasteiger partial charge in [-0.15, -0.1) is 0 Å². The summed E-state index contributed by atoms with van der Waals surface area (Å²) in [4.78, 5) is 29.8. The molecule has 4 rings (SSSR count). The summed E-state index contributed by atoms with van der Waals surface area (Å²) in [6, 6.07) is 17.1. The van der Waals surface area contributed by atoms with Gasteiger partial charge in [0.25, 0.3) is 15.9 Å². The smallest absolute Gasteiger partial charge is 0.338 e. The first-order chi connectivity index (χ1) is 17.2. The van der Waals surface area contributed by atoms with Gasteiger partial charge in [-0.3, -0.25) is 9.52 Å². The van der Waals surface area contributed by atoms with Crippen molar-refractivity contribution < 1.29 is 22.7 Å².